The van der Waals surface area contributed by atoms with Gasteiger partial charge in [0.2, 0.25) is 0 Å². The predicted molar refractivity (Wildman–Crippen MR) is 105 cm³/mol. The molecule has 3 atom stereocenters. The summed E-state index contributed by atoms with van der Waals surface area (Å²) < 4.78 is 1.83. The van der Waals surface area contributed by atoms with Crippen molar-refractivity contribution in [2.45, 2.75) is 38.9 Å². The molecule has 1 N–H and O–H groups in total. The molecule has 1 fully saturated rings. The van der Waals surface area contributed by atoms with Gasteiger partial charge in [-0.2, -0.15) is 0 Å². The Balaban J connectivity index is 1.53. The molecule has 0 radical (unpaired) electrons. The van der Waals surface area contributed by atoms with E-state index in [-0.39, 0.29) is 18.1 Å². The van der Waals surface area contributed by atoms with Crippen LogP contribution >= 0.6 is 0 Å². The van der Waals surface area contributed by atoms with Crippen molar-refractivity contribution in [2.24, 2.45) is 13.0 Å². The Morgan fingerprint density at radius 2 is 2.11 bits per heavy atom. The third-order valence-corrected chi connectivity index (χ3v) is 5.48. The molecule has 3 rings (SSSR count). The lowest BCUT2D eigenvalue weighted by molar-refractivity contribution is 0.0882. The third kappa shape index (κ3) is 4.66. The fraction of sp³-hybridized carbons (Fsp3) is 0.550. The maximum Gasteiger partial charge on any atom is 0.317 e. The minimum atomic E-state index is -0.180. The summed E-state index contributed by atoms with van der Waals surface area (Å²) in [5, 5.41) is 11.0. The van der Waals surface area contributed by atoms with Crippen LogP contribution in [0.15, 0.2) is 36.7 Å². The molecule has 7 heteroatoms. The summed E-state index contributed by atoms with van der Waals surface area (Å²) in [5.41, 5.74) is 1.34. The van der Waals surface area contributed by atoms with Crippen LogP contribution in [0.5, 0.6) is 0 Å². The number of aryl methyl sites for hydroxylation is 1. The lowest BCUT2D eigenvalue weighted by Crippen LogP contribution is -2.53. The van der Waals surface area contributed by atoms with Gasteiger partial charge in [0.1, 0.15) is 6.33 Å². The van der Waals surface area contributed by atoms with Crippen molar-refractivity contribution in [3.05, 3.63) is 48.0 Å². The van der Waals surface area contributed by atoms with Crippen molar-refractivity contribution in [3.63, 3.8) is 0 Å². The number of nitrogens with one attached hydrogen (secondary N) is 1. The van der Waals surface area contributed by atoms with E-state index >= 15 is 0 Å². The van der Waals surface area contributed by atoms with Crippen LogP contribution in [0.1, 0.15) is 37.7 Å². The molecule has 0 spiro atoms. The number of benzene rings is 1. The largest absolute Gasteiger partial charge is 0.328 e. The molecule has 0 saturated carbocycles. The molecular weight excluding hydrogens is 340 g/mol. The van der Waals surface area contributed by atoms with Crippen LogP contribution in [0, 0.1) is 5.92 Å². The molecular formula is C20H30N6O. The van der Waals surface area contributed by atoms with E-state index in [2.05, 4.69) is 51.6 Å². The van der Waals surface area contributed by atoms with Gasteiger partial charge in [-0.3, -0.25) is 4.90 Å². The Hall–Kier alpha value is -2.41. The standard InChI is InChI=1S/C20H30N6O/c1-15-12-26(13-17-8-6-5-7-9-17)11-10-18(15)25(4)20(27)22-16(2)19-23-21-14-24(19)3/h5-9,14-16,18H,10-13H2,1-4H3,(H,22,27)/t15-,16-,18-/m0/s1. The topological polar surface area (TPSA) is 66.3 Å². The first-order valence-corrected chi connectivity index (χ1v) is 9.59. The molecule has 1 aromatic carbocycles. The van der Waals surface area contributed by atoms with E-state index in [1.807, 2.05) is 36.6 Å². The smallest absolute Gasteiger partial charge is 0.317 e. The maximum absolute atomic E-state index is 12.7. The van der Waals surface area contributed by atoms with Crippen LogP contribution in [-0.2, 0) is 13.6 Å². The summed E-state index contributed by atoms with van der Waals surface area (Å²) in [6.45, 7) is 7.13. The van der Waals surface area contributed by atoms with E-state index in [0.29, 0.717) is 5.92 Å². The van der Waals surface area contributed by atoms with Crippen LogP contribution in [0.2, 0.25) is 0 Å². The average molecular weight is 371 g/mol. The highest BCUT2D eigenvalue weighted by atomic mass is 16.2. The molecule has 0 unspecified atom stereocenters. The highest BCUT2D eigenvalue weighted by Crippen LogP contribution is 2.23. The Bertz CT molecular complexity index is 746. The Kier molecular flexibility index (Phi) is 6.11. The van der Waals surface area contributed by atoms with Gasteiger partial charge in [0.25, 0.3) is 0 Å². The molecule has 2 aromatic rings. The average Bonchev–Trinajstić information content (AvgIpc) is 3.08. The molecule has 146 valence electrons. The van der Waals surface area contributed by atoms with E-state index in [4.69, 9.17) is 0 Å². The number of hydrogen-bond acceptors (Lipinski definition) is 4. The number of hydrogen-bond donors (Lipinski definition) is 1. The van der Waals surface area contributed by atoms with Crippen molar-refractivity contribution in [1.29, 1.82) is 0 Å². The highest BCUT2D eigenvalue weighted by molar-refractivity contribution is 5.74. The molecule has 2 heterocycles. The number of carbonyl (C=O) groups excluding carboxylic acids is 1. The third-order valence-electron chi connectivity index (χ3n) is 5.48. The molecule has 1 aliphatic heterocycles. The summed E-state index contributed by atoms with van der Waals surface area (Å²) in [6.07, 6.45) is 2.63. The van der Waals surface area contributed by atoms with Gasteiger partial charge < -0.3 is 14.8 Å². The van der Waals surface area contributed by atoms with Crippen molar-refractivity contribution in [3.8, 4) is 0 Å². The Labute approximate surface area is 161 Å². The van der Waals surface area contributed by atoms with Gasteiger partial charge in [0.05, 0.1) is 6.04 Å². The zero-order valence-corrected chi connectivity index (χ0v) is 16.7. The molecule has 0 bridgehead atoms. The summed E-state index contributed by atoms with van der Waals surface area (Å²) in [4.78, 5) is 17.1. The molecule has 1 aliphatic rings. The monoisotopic (exact) mass is 370 g/mol. The summed E-state index contributed by atoms with van der Waals surface area (Å²) >= 11 is 0. The van der Waals surface area contributed by atoms with E-state index in [1.165, 1.54) is 5.56 Å². The van der Waals surface area contributed by atoms with Crippen molar-refractivity contribution in [1.82, 2.24) is 29.9 Å². The van der Waals surface area contributed by atoms with Crippen molar-refractivity contribution in [2.75, 3.05) is 20.1 Å². The summed E-state index contributed by atoms with van der Waals surface area (Å²) in [6, 6.07) is 10.6. The molecule has 27 heavy (non-hydrogen) atoms. The quantitative estimate of drug-likeness (QED) is 0.878. The van der Waals surface area contributed by atoms with Crippen molar-refractivity contribution < 1.29 is 4.79 Å². The highest BCUT2D eigenvalue weighted by Gasteiger charge is 2.31. The zero-order valence-electron chi connectivity index (χ0n) is 16.7. The second-order valence-corrected chi connectivity index (χ2v) is 7.64. The molecule has 1 saturated heterocycles. The summed E-state index contributed by atoms with van der Waals surface area (Å²) in [7, 11) is 3.78. The molecule has 0 aliphatic carbocycles. The van der Waals surface area contributed by atoms with E-state index < -0.39 is 0 Å². The van der Waals surface area contributed by atoms with Crippen molar-refractivity contribution >= 4 is 6.03 Å². The lowest BCUT2D eigenvalue weighted by atomic mass is 9.92. The first kappa shape index (κ1) is 19.4. The van der Waals surface area contributed by atoms with Gasteiger partial charge >= 0.3 is 6.03 Å². The van der Waals surface area contributed by atoms with Gasteiger partial charge in [-0.15, -0.1) is 10.2 Å². The molecule has 7 nitrogen and oxygen atoms in total. The Morgan fingerprint density at radius 1 is 1.37 bits per heavy atom. The van der Waals surface area contributed by atoms with E-state index in [1.54, 1.807) is 6.33 Å². The SMILES string of the molecule is C[C@H](NC(=O)N(C)[C@H]1CCN(Cc2ccccc2)C[C@@H]1C)c1nncn1C. The zero-order chi connectivity index (χ0) is 19.4. The van der Waals surface area contributed by atoms with Crippen LogP contribution in [0.3, 0.4) is 0 Å². The van der Waals surface area contributed by atoms with E-state index in [0.717, 1.165) is 31.9 Å². The van der Waals surface area contributed by atoms with Gasteiger partial charge in [-0.25, -0.2) is 4.79 Å². The fourth-order valence-corrected chi connectivity index (χ4v) is 3.97. The molecule has 2 amide bonds. The van der Waals surface area contributed by atoms with E-state index in [9.17, 15) is 4.79 Å². The number of rotatable bonds is 5. The minimum Gasteiger partial charge on any atom is -0.328 e. The van der Waals surface area contributed by atoms with Gasteiger partial charge in [-0.05, 0) is 24.8 Å². The first-order valence-electron chi connectivity index (χ1n) is 9.59. The maximum atomic E-state index is 12.7. The lowest BCUT2D eigenvalue weighted by Gasteiger charge is -2.41. The first-order chi connectivity index (χ1) is 13.0. The second kappa shape index (κ2) is 8.52. The van der Waals surface area contributed by atoms with Crippen LogP contribution in [0.4, 0.5) is 4.79 Å². The number of amides is 2. The van der Waals surface area contributed by atoms with Crippen LogP contribution < -0.4 is 5.32 Å². The van der Waals surface area contributed by atoms with Crippen LogP contribution in [0.25, 0.3) is 0 Å². The normalized spacial score (nSPS) is 21.6. The van der Waals surface area contributed by atoms with Gasteiger partial charge in [0.15, 0.2) is 5.82 Å². The van der Waals surface area contributed by atoms with Crippen LogP contribution in [-0.4, -0.2) is 56.8 Å². The number of urea groups is 1. The fourth-order valence-electron chi connectivity index (χ4n) is 3.97. The number of likely N-dealkylation sites (tertiary alicyclic amines) is 1. The number of aromatic nitrogens is 3. The number of nitrogens with zero attached hydrogens (tertiary/aromatic N) is 5. The van der Waals surface area contributed by atoms with Gasteiger partial charge in [-0.1, -0.05) is 37.3 Å². The predicted octanol–water partition coefficient (Wildman–Crippen LogP) is 2.43. The second-order valence-electron chi connectivity index (χ2n) is 7.64. The van der Waals surface area contributed by atoms with Gasteiger partial charge in [0, 0.05) is 39.8 Å². The minimum absolute atomic E-state index is 0.0566. The Morgan fingerprint density at radius 3 is 2.74 bits per heavy atom. The number of piperidine rings is 1. The number of carbonyl (C=O) groups is 1. The summed E-state index contributed by atoms with van der Waals surface area (Å²) in [5.74, 6) is 1.17. The molecule has 1 aromatic heterocycles.